The number of carbonyl (C=O) groups excluding carboxylic acids is 1. The van der Waals surface area contributed by atoms with Crippen molar-refractivity contribution in [1.29, 1.82) is 0 Å². The van der Waals surface area contributed by atoms with Crippen molar-refractivity contribution >= 4 is 29.0 Å². The molecule has 23 heavy (non-hydrogen) atoms. The van der Waals surface area contributed by atoms with E-state index in [9.17, 15) is 14.9 Å². The zero-order valence-electron chi connectivity index (χ0n) is 13.0. The first-order valence-corrected chi connectivity index (χ1v) is 8.24. The first-order valence-electron chi connectivity index (χ1n) is 7.26. The van der Waals surface area contributed by atoms with Crippen LogP contribution in [0.2, 0.25) is 0 Å². The number of carbonyl (C=O) groups is 1. The van der Waals surface area contributed by atoms with Crippen LogP contribution in [-0.2, 0) is 11.2 Å². The van der Waals surface area contributed by atoms with E-state index in [0.29, 0.717) is 17.7 Å². The number of aryl methyl sites for hydroxylation is 2. The number of thioether (sulfide) groups is 1. The second-order valence-corrected chi connectivity index (χ2v) is 6.15. The summed E-state index contributed by atoms with van der Waals surface area (Å²) in [4.78, 5) is 23.6. The first-order chi connectivity index (χ1) is 11.0. The highest BCUT2D eigenvalue weighted by molar-refractivity contribution is 8.00. The number of anilines is 1. The molecule has 0 spiro atoms. The Bertz CT molecular complexity index is 714. The maximum Gasteiger partial charge on any atom is 0.274 e. The first kappa shape index (κ1) is 17.0. The van der Waals surface area contributed by atoms with Gasteiger partial charge in [-0.15, -0.1) is 11.8 Å². The highest BCUT2D eigenvalue weighted by Gasteiger charge is 2.14. The zero-order chi connectivity index (χ0) is 16.8. The molecule has 1 N–H and O–H groups in total. The molecule has 6 heteroatoms. The van der Waals surface area contributed by atoms with Crippen molar-refractivity contribution in [3.05, 3.63) is 63.7 Å². The normalized spacial score (nSPS) is 10.3. The van der Waals surface area contributed by atoms with Crippen LogP contribution < -0.4 is 5.32 Å². The molecule has 0 heterocycles. The minimum Gasteiger partial charge on any atom is -0.325 e. The Kier molecular flexibility index (Phi) is 5.76. The van der Waals surface area contributed by atoms with Crippen LogP contribution in [0.4, 0.5) is 11.4 Å². The molecule has 0 aliphatic rings. The lowest BCUT2D eigenvalue weighted by Crippen LogP contribution is -2.14. The smallest absolute Gasteiger partial charge is 0.274 e. The van der Waals surface area contributed by atoms with Crippen LogP contribution >= 0.6 is 11.8 Å². The molecule has 5 nitrogen and oxygen atoms in total. The zero-order valence-corrected chi connectivity index (χ0v) is 13.9. The molecule has 0 aliphatic carbocycles. The monoisotopic (exact) mass is 330 g/mol. The number of benzene rings is 2. The van der Waals surface area contributed by atoms with Crippen molar-refractivity contribution in [1.82, 2.24) is 0 Å². The van der Waals surface area contributed by atoms with Gasteiger partial charge < -0.3 is 5.32 Å². The number of amides is 1. The van der Waals surface area contributed by atoms with E-state index in [1.54, 1.807) is 12.1 Å². The molecule has 0 radical (unpaired) electrons. The predicted molar refractivity (Wildman–Crippen MR) is 93.0 cm³/mol. The van der Waals surface area contributed by atoms with Crippen molar-refractivity contribution in [3.63, 3.8) is 0 Å². The maximum atomic E-state index is 12.0. The second-order valence-electron chi connectivity index (χ2n) is 5.10. The number of nitro benzene ring substituents is 1. The van der Waals surface area contributed by atoms with Crippen LogP contribution in [0.1, 0.15) is 18.1 Å². The van der Waals surface area contributed by atoms with Crippen LogP contribution in [0.5, 0.6) is 0 Å². The number of nitrogens with one attached hydrogen (secondary N) is 1. The summed E-state index contributed by atoms with van der Waals surface area (Å²) in [5.74, 6) is 0.0703. The molecule has 0 fully saturated rings. The Morgan fingerprint density at radius 2 is 1.91 bits per heavy atom. The van der Waals surface area contributed by atoms with Gasteiger partial charge in [0.05, 0.1) is 10.7 Å². The molecule has 0 atom stereocenters. The average molecular weight is 330 g/mol. The van der Waals surface area contributed by atoms with Gasteiger partial charge in [-0.25, -0.2) is 0 Å². The Morgan fingerprint density at radius 3 is 2.52 bits per heavy atom. The molecule has 120 valence electrons. The van der Waals surface area contributed by atoms with Gasteiger partial charge in [0.2, 0.25) is 5.91 Å². The molecule has 0 saturated heterocycles. The molecule has 0 unspecified atom stereocenters. The van der Waals surface area contributed by atoms with Gasteiger partial charge in [0.1, 0.15) is 0 Å². The summed E-state index contributed by atoms with van der Waals surface area (Å²) in [6.07, 6.45) is 0.577. The van der Waals surface area contributed by atoms with Crippen molar-refractivity contribution in [2.24, 2.45) is 0 Å². The van der Waals surface area contributed by atoms with Gasteiger partial charge in [-0.2, -0.15) is 0 Å². The van der Waals surface area contributed by atoms with E-state index in [0.717, 1.165) is 4.90 Å². The van der Waals surface area contributed by atoms with E-state index in [1.807, 2.05) is 38.1 Å². The third-order valence-electron chi connectivity index (χ3n) is 3.34. The van der Waals surface area contributed by atoms with E-state index < -0.39 is 4.92 Å². The standard InChI is InChI=1S/C17H18N2O3S/c1-3-13-6-7-14(10-16(13)19(21)22)18-17(20)11-23-15-8-4-12(2)5-9-15/h4-10H,3,11H2,1-2H3,(H,18,20). The third-order valence-corrected chi connectivity index (χ3v) is 4.35. The summed E-state index contributed by atoms with van der Waals surface area (Å²) < 4.78 is 0. The largest absolute Gasteiger partial charge is 0.325 e. The topological polar surface area (TPSA) is 72.2 Å². The molecule has 1 amide bonds. The molecular formula is C17H18N2O3S. The van der Waals surface area contributed by atoms with Crippen LogP contribution in [0.3, 0.4) is 0 Å². The summed E-state index contributed by atoms with van der Waals surface area (Å²) in [7, 11) is 0. The number of hydrogen-bond acceptors (Lipinski definition) is 4. The van der Waals surface area contributed by atoms with Gasteiger partial charge >= 0.3 is 0 Å². The Balaban J connectivity index is 1.98. The van der Waals surface area contributed by atoms with Crippen LogP contribution in [0.25, 0.3) is 0 Å². The van der Waals surface area contributed by atoms with Gasteiger partial charge in [0.25, 0.3) is 5.69 Å². The lowest BCUT2D eigenvalue weighted by atomic mass is 10.1. The fraction of sp³-hybridized carbons (Fsp3) is 0.235. The number of nitro groups is 1. The van der Waals surface area contributed by atoms with E-state index >= 15 is 0 Å². The van der Waals surface area contributed by atoms with Crippen molar-refractivity contribution in [3.8, 4) is 0 Å². The number of hydrogen-bond donors (Lipinski definition) is 1. The fourth-order valence-corrected chi connectivity index (χ4v) is 2.79. The molecule has 2 aromatic carbocycles. The van der Waals surface area contributed by atoms with Crippen LogP contribution in [0, 0.1) is 17.0 Å². The van der Waals surface area contributed by atoms with Crippen molar-refractivity contribution in [2.45, 2.75) is 25.2 Å². The van der Waals surface area contributed by atoms with Crippen molar-refractivity contribution < 1.29 is 9.72 Å². The minimum atomic E-state index is -0.421. The number of nitrogens with zero attached hydrogens (tertiary/aromatic N) is 1. The molecular weight excluding hydrogens is 312 g/mol. The maximum absolute atomic E-state index is 12.0. The van der Waals surface area contributed by atoms with E-state index in [-0.39, 0.29) is 17.3 Å². The Hall–Kier alpha value is -2.34. The summed E-state index contributed by atoms with van der Waals surface area (Å²) in [5, 5.41) is 13.8. The summed E-state index contributed by atoms with van der Waals surface area (Å²) >= 11 is 1.43. The highest BCUT2D eigenvalue weighted by atomic mass is 32.2. The molecule has 0 saturated carbocycles. The van der Waals surface area contributed by atoms with Gasteiger partial charge in [-0.3, -0.25) is 14.9 Å². The Labute approximate surface area is 139 Å². The Morgan fingerprint density at radius 1 is 1.22 bits per heavy atom. The lowest BCUT2D eigenvalue weighted by Gasteiger charge is -2.07. The molecule has 2 aromatic rings. The van der Waals surface area contributed by atoms with Crippen LogP contribution in [0.15, 0.2) is 47.4 Å². The van der Waals surface area contributed by atoms with Gasteiger partial charge in [0.15, 0.2) is 0 Å². The summed E-state index contributed by atoms with van der Waals surface area (Å²) in [6.45, 7) is 3.87. The lowest BCUT2D eigenvalue weighted by molar-refractivity contribution is -0.385. The second kappa shape index (κ2) is 7.78. The molecule has 2 rings (SSSR count). The fourth-order valence-electron chi connectivity index (χ4n) is 2.09. The third kappa shape index (κ3) is 4.82. The summed E-state index contributed by atoms with van der Waals surface area (Å²) in [6, 6.07) is 12.7. The quantitative estimate of drug-likeness (QED) is 0.489. The van der Waals surface area contributed by atoms with E-state index in [4.69, 9.17) is 0 Å². The van der Waals surface area contributed by atoms with Gasteiger partial charge in [-0.05, 0) is 31.5 Å². The highest BCUT2D eigenvalue weighted by Crippen LogP contribution is 2.24. The van der Waals surface area contributed by atoms with E-state index in [2.05, 4.69) is 5.32 Å². The van der Waals surface area contributed by atoms with Gasteiger partial charge in [-0.1, -0.05) is 30.7 Å². The number of rotatable bonds is 6. The summed E-state index contributed by atoms with van der Waals surface area (Å²) in [5.41, 5.74) is 2.31. The predicted octanol–water partition coefficient (Wildman–Crippen LogP) is 4.20. The van der Waals surface area contributed by atoms with Crippen LogP contribution in [-0.4, -0.2) is 16.6 Å². The molecule has 0 bridgehead atoms. The molecule has 0 aromatic heterocycles. The van der Waals surface area contributed by atoms with E-state index in [1.165, 1.54) is 23.4 Å². The van der Waals surface area contributed by atoms with Gasteiger partial charge in [0, 0.05) is 22.2 Å². The molecule has 0 aliphatic heterocycles. The SMILES string of the molecule is CCc1ccc(NC(=O)CSc2ccc(C)cc2)cc1[N+](=O)[O-]. The minimum absolute atomic E-state index is 0.0384. The van der Waals surface area contributed by atoms with Crippen molar-refractivity contribution in [2.75, 3.05) is 11.1 Å². The average Bonchev–Trinajstić information content (AvgIpc) is 2.54.